The summed E-state index contributed by atoms with van der Waals surface area (Å²) in [5.41, 5.74) is -2.18. The van der Waals surface area contributed by atoms with Crippen molar-refractivity contribution in [1.82, 2.24) is 4.90 Å². The monoisotopic (exact) mass is 241 g/mol. The molecular formula is C7H16NO6P. The second-order valence-corrected chi connectivity index (χ2v) is 4.01. The quantitative estimate of drug-likeness (QED) is 0.435. The Hall–Kier alpha value is -0.300. The second kappa shape index (κ2) is 5.16. The topological polar surface area (TPSA) is 107 Å². The van der Waals surface area contributed by atoms with E-state index in [2.05, 4.69) is 4.52 Å². The molecule has 0 spiro atoms. The van der Waals surface area contributed by atoms with E-state index in [0.717, 1.165) is 4.90 Å². The van der Waals surface area contributed by atoms with Crippen LogP contribution in [0.25, 0.3) is 0 Å². The normalized spacial score (nSPS) is 16.5. The zero-order chi connectivity index (χ0) is 12.3. The van der Waals surface area contributed by atoms with Gasteiger partial charge in [-0.3, -0.25) is 4.90 Å². The van der Waals surface area contributed by atoms with Crippen LogP contribution in [0, 0.1) is 0 Å². The standard InChI is InChI=1S/C7H16NO6P/c1-4-5-6(9,8(2)3)7(10,11)14-15(12)13/h9-11H,4-5H2,1-3H3. The Labute approximate surface area is 88.2 Å². The first-order chi connectivity index (χ1) is 6.67. The van der Waals surface area contributed by atoms with Crippen molar-refractivity contribution in [3.63, 3.8) is 0 Å². The van der Waals surface area contributed by atoms with Gasteiger partial charge in [-0.1, -0.05) is 13.3 Å². The fourth-order valence-electron chi connectivity index (χ4n) is 1.20. The summed E-state index contributed by atoms with van der Waals surface area (Å²) in [7, 11) is -0.729. The predicted octanol–water partition coefficient (Wildman–Crippen LogP) is -0.220. The summed E-state index contributed by atoms with van der Waals surface area (Å²) >= 11 is 0. The molecule has 0 saturated heterocycles. The van der Waals surface area contributed by atoms with Crippen molar-refractivity contribution >= 4 is 7.91 Å². The molecule has 0 aliphatic heterocycles. The van der Waals surface area contributed by atoms with E-state index < -0.39 is 19.6 Å². The van der Waals surface area contributed by atoms with Crippen molar-refractivity contribution < 1.29 is 29.0 Å². The molecule has 0 saturated carbocycles. The third kappa shape index (κ3) is 3.34. The Morgan fingerprint density at radius 3 is 2.00 bits per heavy atom. The van der Waals surface area contributed by atoms with Gasteiger partial charge >= 0.3 is 13.9 Å². The summed E-state index contributed by atoms with van der Waals surface area (Å²) in [5.74, 6) is -3.16. The van der Waals surface area contributed by atoms with Crippen LogP contribution in [0.3, 0.4) is 0 Å². The Bertz CT molecular complexity index is 269. The van der Waals surface area contributed by atoms with Crippen LogP contribution in [0.1, 0.15) is 19.8 Å². The van der Waals surface area contributed by atoms with E-state index in [1.807, 2.05) is 0 Å². The number of hydrogen-bond donors (Lipinski definition) is 3. The minimum absolute atomic E-state index is 0.0594. The molecule has 1 unspecified atom stereocenters. The predicted molar refractivity (Wildman–Crippen MR) is 50.1 cm³/mol. The maximum absolute atomic E-state index is 10.3. The highest BCUT2D eigenvalue weighted by atomic mass is 31.1. The zero-order valence-corrected chi connectivity index (χ0v) is 9.77. The Morgan fingerprint density at radius 1 is 1.27 bits per heavy atom. The van der Waals surface area contributed by atoms with E-state index in [-0.39, 0.29) is 6.42 Å². The molecule has 1 atom stereocenters. The van der Waals surface area contributed by atoms with Crippen LogP contribution in [-0.4, -0.2) is 46.0 Å². The van der Waals surface area contributed by atoms with E-state index in [9.17, 15) is 24.4 Å². The highest BCUT2D eigenvalue weighted by Crippen LogP contribution is 2.32. The molecule has 0 aromatic rings. The van der Waals surface area contributed by atoms with Crippen molar-refractivity contribution in [2.75, 3.05) is 14.1 Å². The van der Waals surface area contributed by atoms with Gasteiger partial charge in [0.25, 0.3) is 0 Å². The van der Waals surface area contributed by atoms with Crippen LogP contribution in [0.15, 0.2) is 0 Å². The molecule has 0 rings (SSSR count). The van der Waals surface area contributed by atoms with Gasteiger partial charge in [0.05, 0.1) is 0 Å². The van der Waals surface area contributed by atoms with Crippen LogP contribution < -0.4 is 0 Å². The third-order valence-corrected chi connectivity index (χ3v) is 2.47. The molecule has 7 nitrogen and oxygen atoms in total. The molecule has 90 valence electrons. The largest absolute Gasteiger partial charge is 0.472 e. The summed E-state index contributed by atoms with van der Waals surface area (Å²) in [6.45, 7) is 1.70. The van der Waals surface area contributed by atoms with Crippen LogP contribution in [0.4, 0.5) is 0 Å². The fourth-order valence-corrected chi connectivity index (χ4v) is 1.56. The Balaban J connectivity index is 5.04. The summed E-state index contributed by atoms with van der Waals surface area (Å²) in [4.78, 5) is 1.08. The zero-order valence-electron chi connectivity index (χ0n) is 8.88. The fraction of sp³-hybridized carbons (Fsp3) is 1.00. The number of aliphatic hydroxyl groups is 3. The first-order valence-corrected chi connectivity index (χ1v) is 5.45. The number of rotatable bonds is 6. The second-order valence-electron chi connectivity index (χ2n) is 3.38. The van der Waals surface area contributed by atoms with Crippen molar-refractivity contribution in [1.29, 1.82) is 0 Å². The Morgan fingerprint density at radius 2 is 1.73 bits per heavy atom. The third-order valence-electron chi connectivity index (χ3n) is 2.06. The van der Waals surface area contributed by atoms with Gasteiger partial charge in [-0.15, -0.1) is 0 Å². The number of nitrogens with zero attached hydrogens (tertiary/aromatic N) is 1. The molecule has 0 fully saturated rings. The van der Waals surface area contributed by atoms with Gasteiger partial charge in [0.15, 0.2) is 0 Å². The van der Waals surface area contributed by atoms with E-state index in [4.69, 9.17) is 0 Å². The van der Waals surface area contributed by atoms with Crippen molar-refractivity contribution in [2.45, 2.75) is 31.5 Å². The molecule has 0 amide bonds. The van der Waals surface area contributed by atoms with E-state index in [0.29, 0.717) is 6.42 Å². The molecule has 0 aromatic heterocycles. The highest BCUT2D eigenvalue weighted by molar-refractivity contribution is 7.24. The SMILES string of the molecule is CCCC(O)(N(C)C)C(O)(O)OP(=O)=O. The molecule has 15 heavy (non-hydrogen) atoms. The molecule has 0 bridgehead atoms. The molecular weight excluding hydrogens is 225 g/mol. The lowest BCUT2D eigenvalue weighted by Crippen LogP contribution is -2.63. The Kier molecular flexibility index (Phi) is 5.05. The number of hydrogen-bond acceptors (Lipinski definition) is 7. The van der Waals surface area contributed by atoms with Crippen molar-refractivity contribution in [3.05, 3.63) is 0 Å². The van der Waals surface area contributed by atoms with Gasteiger partial charge in [-0.25, -0.2) is 13.7 Å². The van der Waals surface area contributed by atoms with Gasteiger partial charge < -0.3 is 15.3 Å². The van der Waals surface area contributed by atoms with E-state index in [1.54, 1.807) is 6.92 Å². The summed E-state index contributed by atoms with van der Waals surface area (Å²) in [6, 6.07) is 0. The highest BCUT2D eigenvalue weighted by Gasteiger charge is 2.52. The summed E-state index contributed by atoms with van der Waals surface area (Å²) in [6.07, 6.45) is 0.354. The van der Waals surface area contributed by atoms with Crippen molar-refractivity contribution in [3.8, 4) is 0 Å². The molecule has 0 radical (unpaired) electrons. The molecule has 0 aliphatic carbocycles. The minimum atomic E-state index is -3.47. The minimum Gasteiger partial charge on any atom is -0.368 e. The lowest BCUT2D eigenvalue weighted by molar-refractivity contribution is -0.405. The van der Waals surface area contributed by atoms with Gasteiger partial charge in [0.1, 0.15) is 0 Å². The first kappa shape index (κ1) is 14.7. The van der Waals surface area contributed by atoms with Gasteiger partial charge in [-0.2, -0.15) is 0 Å². The summed E-state index contributed by atoms with van der Waals surface area (Å²) in [5, 5.41) is 28.6. The molecule has 0 aliphatic rings. The van der Waals surface area contributed by atoms with E-state index >= 15 is 0 Å². The summed E-state index contributed by atoms with van der Waals surface area (Å²) < 4.78 is 24.4. The number of likely N-dealkylation sites (N-methyl/N-ethyl adjacent to an activating group) is 1. The smallest absolute Gasteiger partial charge is 0.368 e. The lowest BCUT2D eigenvalue weighted by Gasteiger charge is -2.41. The van der Waals surface area contributed by atoms with Gasteiger partial charge in [-0.05, 0) is 20.5 Å². The average molecular weight is 241 g/mol. The van der Waals surface area contributed by atoms with Crippen LogP contribution in [-0.2, 0) is 13.7 Å². The first-order valence-electron chi connectivity index (χ1n) is 4.35. The molecule has 0 aromatic carbocycles. The maximum Gasteiger partial charge on any atom is 0.472 e. The van der Waals surface area contributed by atoms with Gasteiger partial charge in [0, 0.05) is 0 Å². The molecule has 3 N–H and O–H groups in total. The molecule has 8 heteroatoms. The maximum atomic E-state index is 10.3. The van der Waals surface area contributed by atoms with E-state index in [1.165, 1.54) is 14.1 Å². The van der Waals surface area contributed by atoms with Crippen LogP contribution in [0.2, 0.25) is 0 Å². The molecule has 0 heterocycles. The van der Waals surface area contributed by atoms with Crippen molar-refractivity contribution in [2.24, 2.45) is 0 Å². The van der Waals surface area contributed by atoms with Crippen LogP contribution in [0.5, 0.6) is 0 Å². The van der Waals surface area contributed by atoms with Crippen LogP contribution >= 0.6 is 7.91 Å². The lowest BCUT2D eigenvalue weighted by atomic mass is 10.0. The average Bonchev–Trinajstić information content (AvgIpc) is 2.01. The van der Waals surface area contributed by atoms with Gasteiger partial charge in [0.2, 0.25) is 5.72 Å².